The summed E-state index contributed by atoms with van der Waals surface area (Å²) in [6, 6.07) is 13.8. The minimum atomic E-state index is 0.752. The summed E-state index contributed by atoms with van der Waals surface area (Å²) in [4.78, 5) is 0. The van der Waals surface area contributed by atoms with Crippen LogP contribution in [0.15, 0.2) is 42.5 Å². The van der Waals surface area contributed by atoms with Crippen LogP contribution in [0.4, 0.5) is 0 Å². The Hall–Kier alpha value is -0.740. The Bertz CT molecular complexity index is 494. The molecule has 16 heavy (non-hydrogen) atoms. The average Bonchev–Trinajstić information content (AvgIpc) is 2.31. The maximum atomic E-state index is 5.87. The van der Waals surface area contributed by atoms with Gasteiger partial charge in [-0.15, -0.1) is 0 Å². The first kappa shape index (κ1) is 11.7. The Morgan fingerprint density at radius 1 is 1.06 bits per heavy atom. The predicted molar refractivity (Wildman–Crippen MR) is 76.2 cm³/mol. The fraction of sp³-hybridized carbons (Fsp3) is 0.0769. The lowest BCUT2D eigenvalue weighted by atomic mass is 10.1. The molecular weight excluding hydrogens is 334 g/mol. The second-order valence-electron chi connectivity index (χ2n) is 3.33. The standard InChI is InChI=1S/C13H10ClIO/c1-16-12-4-2-3-11(13(12)15)9-5-7-10(14)8-6-9/h2-8H,1H3. The monoisotopic (exact) mass is 344 g/mol. The Morgan fingerprint density at radius 2 is 1.75 bits per heavy atom. The summed E-state index contributed by atoms with van der Waals surface area (Å²) in [7, 11) is 1.68. The topological polar surface area (TPSA) is 9.23 Å². The van der Waals surface area contributed by atoms with Gasteiger partial charge >= 0.3 is 0 Å². The van der Waals surface area contributed by atoms with E-state index in [9.17, 15) is 0 Å². The molecule has 0 saturated heterocycles. The Balaban J connectivity index is 2.51. The maximum absolute atomic E-state index is 5.87. The van der Waals surface area contributed by atoms with Crippen molar-refractivity contribution in [2.24, 2.45) is 0 Å². The van der Waals surface area contributed by atoms with Crippen molar-refractivity contribution in [2.75, 3.05) is 7.11 Å². The van der Waals surface area contributed by atoms with Gasteiger partial charge in [-0.2, -0.15) is 0 Å². The Morgan fingerprint density at radius 3 is 2.38 bits per heavy atom. The number of ether oxygens (including phenoxy) is 1. The third-order valence-electron chi connectivity index (χ3n) is 2.34. The zero-order chi connectivity index (χ0) is 11.5. The van der Waals surface area contributed by atoms with Crippen molar-refractivity contribution in [3.05, 3.63) is 51.1 Å². The van der Waals surface area contributed by atoms with E-state index in [1.807, 2.05) is 36.4 Å². The lowest BCUT2D eigenvalue weighted by molar-refractivity contribution is 0.412. The molecule has 0 amide bonds. The molecule has 0 spiro atoms. The van der Waals surface area contributed by atoms with Crippen LogP contribution in [0.5, 0.6) is 5.75 Å². The van der Waals surface area contributed by atoms with Crippen LogP contribution in [0.25, 0.3) is 11.1 Å². The van der Waals surface area contributed by atoms with Gasteiger partial charge in [0.05, 0.1) is 10.7 Å². The van der Waals surface area contributed by atoms with Crippen LogP contribution in [0.3, 0.4) is 0 Å². The zero-order valence-electron chi connectivity index (χ0n) is 8.71. The third kappa shape index (κ3) is 2.33. The van der Waals surface area contributed by atoms with Crippen molar-refractivity contribution in [1.82, 2.24) is 0 Å². The minimum absolute atomic E-state index is 0.752. The summed E-state index contributed by atoms with van der Waals surface area (Å²) < 4.78 is 6.41. The number of hydrogen-bond donors (Lipinski definition) is 0. The Kier molecular flexibility index (Phi) is 3.71. The zero-order valence-corrected chi connectivity index (χ0v) is 11.6. The highest BCUT2D eigenvalue weighted by Crippen LogP contribution is 2.32. The van der Waals surface area contributed by atoms with Crippen LogP contribution in [0.1, 0.15) is 0 Å². The molecule has 0 aromatic heterocycles. The molecule has 2 rings (SSSR count). The van der Waals surface area contributed by atoms with Crippen molar-refractivity contribution in [2.45, 2.75) is 0 Å². The predicted octanol–water partition coefficient (Wildman–Crippen LogP) is 4.62. The molecule has 2 aromatic rings. The first-order chi connectivity index (χ1) is 7.72. The van der Waals surface area contributed by atoms with Crippen LogP contribution in [-0.2, 0) is 0 Å². The molecular formula is C13H10ClIO. The van der Waals surface area contributed by atoms with Crippen LogP contribution >= 0.6 is 34.2 Å². The lowest BCUT2D eigenvalue weighted by Crippen LogP contribution is -1.89. The molecule has 0 atom stereocenters. The summed E-state index contributed by atoms with van der Waals surface area (Å²) in [5, 5.41) is 0.752. The molecule has 0 aliphatic carbocycles. The Labute approximate surface area is 114 Å². The van der Waals surface area contributed by atoms with Crippen LogP contribution in [0, 0.1) is 3.57 Å². The van der Waals surface area contributed by atoms with E-state index in [4.69, 9.17) is 16.3 Å². The minimum Gasteiger partial charge on any atom is -0.496 e. The SMILES string of the molecule is COc1cccc(-c2ccc(Cl)cc2)c1I. The average molecular weight is 345 g/mol. The van der Waals surface area contributed by atoms with Crippen molar-refractivity contribution < 1.29 is 4.74 Å². The van der Waals surface area contributed by atoms with Crippen molar-refractivity contribution >= 4 is 34.2 Å². The van der Waals surface area contributed by atoms with Gasteiger partial charge in [0.1, 0.15) is 5.75 Å². The molecule has 1 nitrogen and oxygen atoms in total. The van der Waals surface area contributed by atoms with Crippen molar-refractivity contribution in [3.8, 4) is 16.9 Å². The lowest BCUT2D eigenvalue weighted by Gasteiger charge is -2.09. The molecule has 0 aliphatic heterocycles. The summed E-state index contributed by atoms with van der Waals surface area (Å²) in [6.45, 7) is 0. The van der Waals surface area contributed by atoms with E-state index in [0.717, 1.165) is 25.5 Å². The molecule has 0 unspecified atom stereocenters. The van der Waals surface area contributed by atoms with E-state index in [1.165, 1.54) is 0 Å². The number of hydrogen-bond acceptors (Lipinski definition) is 1. The smallest absolute Gasteiger partial charge is 0.132 e. The maximum Gasteiger partial charge on any atom is 0.132 e. The molecule has 82 valence electrons. The highest BCUT2D eigenvalue weighted by atomic mass is 127. The van der Waals surface area contributed by atoms with E-state index >= 15 is 0 Å². The summed E-state index contributed by atoms with van der Waals surface area (Å²) in [5.74, 6) is 0.896. The van der Waals surface area contributed by atoms with Gasteiger partial charge in [0.2, 0.25) is 0 Å². The highest BCUT2D eigenvalue weighted by Gasteiger charge is 2.07. The molecule has 2 aromatic carbocycles. The van der Waals surface area contributed by atoms with E-state index < -0.39 is 0 Å². The van der Waals surface area contributed by atoms with Crippen LogP contribution in [-0.4, -0.2) is 7.11 Å². The van der Waals surface area contributed by atoms with Gasteiger partial charge in [-0.3, -0.25) is 0 Å². The normalized spacial score (nSPS) is 10.2. The molecule has 0 saturated carbocycles. The molecule has 3 heteroatoms. The third-order valence-corrected chi connectivity index (χ3v) is 3.70. The molecule has 0 aliphatic rings. The van der Waals surface area contributed by atoms with Gasteiger partial charge < -0.3 is 4.74 Å². The number of rotatable bonds is 2. The van der Waals surface area contributed by atoms with Gasteiger partial charge in [0, 0.05) is 5.02 Å². The first-order valence-electron chi connectivity index (χ1n) is 4.81. The molecule has 0 bridgehead atoms. The van der Waals surface area contributed by atoms with Crippen molar-refractivity contribution in [1.29, 1.82) is 0 Å². The number of halogens is 2. The van der Waals surface area contributed by atoms with Crippen LogP contribution in [0.2, 0.25) is 5.02 Å². The van der Waals surface area contributed by atoms with E-state index in [0.29, 0.717) is 0 Å². The summed E-state index contributed by atoms with van der Waals surface area (Å²) in [5.41, 5.74) is 2.31. The second-order valence-corrected chi connectivity index (χ2v) is 4.84. The number of benzene rings is 2. The molecule has 0 heterocycles. The van der Waals surface area contributed by atoms with Gasteiger partial charge in [-0.25, -0.2) is 0 Å². The first-order valence-corrected chi connectivity index (χ1v) is 6.26. The molecule has 0 fully saturated rings. The molecule has 0 N–H and O–H groups in total. The second kappa shape index (κ2) is 5.06. The van der Waals surface area contributed by atoms with E-state index in [1.54, 1.807) is 7.11 Å². The van der Waals surface area contributed by atoms with Gasteiger partial charge in [-0.05, 0) is 51.9 Å². The fourth-order valence-electron chi connectivity index (χ4n) is 1.52. The molecule has 0 radical (unpaired) electrons. The summed E-state index contributed by atoms with van der Waals surface area (Å²) in [6.07, 6.45) is 0. The van der Waals surface area contributed by atoms with Crippen molar-refractivity contribution in [3.63, 3.8) is 0 Å². The quantitative estimate of drug-likeness (QED) is 0.722. The van der Waals surface area contributed by atoms with E-state index in [2.05, 4.69) is 28.7 Å². The number of methoxy groups -OCH3 is 1. The highest BCUT2D eigenvalue weighted by molar-refractivity contribution is 14.1. The fourth-order valence-corrected chi connectivity index (χ4v) is 2.54. The van der Waals surface area contributed by atoms with Gasteiger partial charge in [-0.1, -0.05) is 35.9 Å². The van der Waals surface area contributed by atoms with Gasteiger partial charge in [0.25, 0.3) is 0 Å². The van der Waals surface area contributed by atoms with E-state index in [-0.39, 0.29) is 0 Å². The van der Waals surface area contributed by atoms with Gasteiger partial charge in [0.15, 0.2) is 0 Å². The summed E-state index contributed by atoms with van der Waals surface area (Å²) >= 11 is 8.17. The largest absolute Gasteiger partial charge is 0.496 e. The van der Waals surface area contributed by atoms with Crippen LogP contribution < -0.4 is 4.74 Å².